The molecule has 0 aromatic rings. The minimum atomic E-state index is -4.36. The average Bonchev–Trinajstić information content (AvgIpc) is 3.29. The molecule has 3 atom stereocenters. The first-order valence-corrected chi connectivity index (χ1v) is 28.3. The van der Waals surface area contributed by atoms with Gasteiger partial charge in [-0.25, -0.2) is 4.57 Å². The van der Waals surface area contributed by atoms with E-state index in [4.69, 9.17) is 9.05 Å². The van der Waals surface area contributed by atoms with Gasteiger partial charge in [0.1, 0.15) is 13.2 Å². The standard InChI is InChI=1S/C58H101N2O6P/c1-6-8-10-12-14-16-18-20-22-24-25-26-27-28-29-30-31-32-33-34-35-36-38-40-42-44-46-48-50-52-58(62)59-56(55-66-67(63,64)65-54-53-60(3,4)5)57(61)51-49-47-45-43-41-39-37-23-21-19-17-15-13-11-9-7-2/h8,10,14,16,20-23,25-26,28-29,31-32,41,43,49,51,56-57,61H,6-7,9,11-13,15,17-19,24,27,30,33-40,42,44-48,50,52-55H2,1-5H3,(H-,59,62,63,64)/p+1/b10-8-,16-14-,22-20-,23-21+,26-25-,29-28-,32-31-,43-41+,51-49+. The number of aliphatic hydroxyl groups excluding tert-OH is 1. The number of hydrogen-bond acceptors (Lipinski definition) is 5. The Labute approximate surface area is 412 Å². The summed E-state index contributed by atoms with van der Waals surface area (Å²) in [7, 11) is 1.53. The number of carbonyl (C=O) groups excluding carboxylic acids is 1. The summed E-state index contributed by atoms with van der Waals surface area (Å²) in [6.07, 6.45) is 70.3. The summed E-state index contributed by atoms with van der Waals surface area (Å²) in [6, 6.07) is -0.879. The number of aliphatic hydroxyl groups is 1. The van der Waals surface area contributed by atoms with Crippen LogP contribution in [0.2, 0.25) is 0 Å². The lowest BCUT2D eigenvalue weighted by Crippen LogP contribution is -2.45. The summed E-state index contributed by atoms with van der Waals surface area (Å²) in [5.41, 5.74) is 0. The fourth-order valence-electron chi connectivity index (χ4n) is 7.02. The zero-order valence-electron chi connectivity index (χ0n) is 43.6. The summed E-state index contributed by atoms with van der Waals surface area (Å²) in [5, 5.41) is 13.9. The van der Waals surface area contributed by atoms with Crippen LogP contribution >= 0.6 is 7.82 Å². The third kappa shape index (κ3) is 50.9. The number of nitrogens with one attached hydrogen (secondary N) is 1. The smallest absolute Gasteiger partial charge is 0.387 e. The van der Waals surface area contributed by atoms with Gasteiger partial charge in [0.05, 0.1) is 39.9 Å². The second-order valence-electron chi connectivity index (χ2n) is 18.8. The van der Waals surface area contributed by atoms with Crippen molar-refractivity contribution in [1.29, 1.82) is 0 Å². The molecule has 0 aromatic carbocycles. The molecule has 3 N–H and O–H groups in total. The Morgan fingerprint density at radius 3 is 1.37 bits per heavy atom. The number of unbranched alkanes of at least 4 members (excludes halogenated alkanes) is 18. The normalized spacial score (nSPS) is 14.9. The van der Waals surface area contributed by atoms with Crippen LogP contribution in [-0.2, 0) is 18.4 Å². The first-order chi connectivity index (χ1) is 32.5. The summed E-state index contributed by atoms with van der Waals surface area (Å²) in [5.74, 6) is -0.201. The first-order valence-electron chi connectivity index (χ1n) is 26.8. The van der Waals surface area contributed by atoms with Crippen molar-refractivity contribution in [2.24, 2.45) is 0 Å². The van der Waals surface area contributed by atoms with E-state index >= 15 is 0 Å². The molecule has 0 saturated carbocycles. The van der Waals surface area contributed by atoms with E-state index in [9.17, 15) is 19.4 Å². The van der Waals surface area contributed by atoms with Gasteiger partial charge < -0.3 is 19.8 Å². The second-order valence-corrected chi connectivity index (χ2v) is 20.3. The molecule has 3 unspecified atom stereocenters. The maximum Gasteiger partial charge on any atom is 0.472 e. The predicted molar refractivity (Wildman–Crippen MR) is 290 cm³/mol. The average molecular weight is 954 g/mol. The highest BCUT2D eigenvalue weighted by Gasteiger charge is 2.27. The quantitative estimate of drug-likeness (QED) is 0.0243. The lowest BCUT2D eigenvalue weighted by atomic mass is 10.0. The molecule has 0 spiro atoms. The van der Waals surface area contributed by atoms with Gasteiger partial charge >= 0.3 is 7.82 Å². The number of allylic oxidation sites excluding steroid dienone is 17. The van der Waals surface area contributed by atoms with Crippen molar-refractivity contribution < 1.29 is 32.9 Å². The molecule has 0 rings (SSSR count). The number of quaternary nitrogens is 1. The van der Waals surface area contributed by atoms with Crippen molar-refractivity contribution >= 4 is 13.7 Å². The van der Waals surface area contributed by atoms with E-state index in [1.807, 2.05) is 27.2 Å². The molecule has 0 saturated heterocycles. The summed E-state index contributed by atoms with van der Waals surface area (Å²) >= 11 is 0. The number of nitrogens with zero attached hydrogens (tertiary/aromatic N) is 1. The van der Waals surface area contributed by atoms with Gasteiger partial charge in [-0.3, -0.25) is 13.8 Å². The van der Waals surface area contributed by atoms with Crippen LogP contribution in [0.25, 0.3) is 0 Å². The SMILES string of the molecule is CC/C=C\C/C=C\C/C=C\C/C=C\C/C=C\C/C=C\CCCCCCCCCCCCC(=O)NC(COP(=O)(O)OCC[N+](C)(C)C)C(O)/C=C/CC/C=C/CC/C=C/CCCCCCCC. The number of rotatable bonds is 47. The Hall–Kier alpha value is -2.84. The topological polar surface area (TPSA) is 105 Å². The lowest BCUT2D eigenvalue weighted by Gasteiger charge is -2.25. The van der Waals surface area contributed by atoms with Gasteiger partial charge in [0.25, 0.3) is 0 Å². The molecular weight excluding hydrogens is 852 g/mol. The van der Waals surface area contributed by atoms with Crippen LogP contribution in [0.3, 0.4) is 0 Å². The monoisotopic (exact) mass is 954 g/mol. The van der Waals surface area contributed by atoms with Gasteiger partial charge in [-0.15, -0.1) is 0 Å². The van der Waals surface area contributed by atoms with Gasteiger partial charge in [-0.05, 0) is 96.3 Å². The largest absolute Gasteiger partial charge is 0.472 e. The molecule has 67 heavy (non-hydrogen) atoms. The van der Waals surface area contributed by atoms with Crippen LogP contribution in [0.5, 0.6) is 0 Å². The van der Waals surface area contributed by atoms with Crippen molar-refractivity contribution in [2.45, 2.75) is 212 Å². The van der Waals surface area contributed by atoms with Crippen molar-refractivity contribution in [3.05, 3.63) is 109 Å². The zero-order chi connectivity index (χ0) is 49.2. The van der Waals surface area contributed by atoms with Crippen molar-refractivity contribution in [1.82, 2.24) is 5.32 Å². The third-order valence-electron chi connectivity index (χ3n) is 11.2. The molecule has 0 heterocycles. The molecule has 0 radical (unpaired) electrons. The Morgan fingerprint density at radius 2 is 0.910 bits per heavy atom. The van der Waals surface area contributed by atoms with Crippen LogP contribution in [0.1, 0.15) is 200 Å². The molecule has 0 aliphatic carbocycles. The van der Waals surface area contributed by atoms with E-state index in [1.165, 1.54) is 89.9 Å². The minimum absolute atomic E-state index is 0.0471. The molecule has 9 heteroatoms. The first kappa shape index (κ1) is 64.2. The number of phosphoric ester groups is 1. The highest BCUT2D eigenvalue weighted by Crippen LogP contribution is 2.43. The fraction of sp³-hybridized carbons (Fsp3) is 0.672. The lowest BCUT2D eigenvalue weighted by molar-refractivity contribution is -0.870. The number of likely N-dealkylation sites (N-methyl/N-ethyl adjacent to an activating group) is 1. The molecule has 0 bridgehead atoms. The summed E-state index contributed by atoms with van der Waals surface area (Å²) < 4.78 is 23.6. The summed E-state index contributed by atoms with van der Waals surface area (Å²) in [6.45, 7) is 4.64. The van der Waals surface area contributed by atoms with Gasteiger partial charge in [0, 0.05) is 6.42 Å². The summed E-state index contributed by atoms with van der Waals surface area (Å²) in [4.78, 5) is 23.2. The van der Waals surface area contributed by atoms with Gasteiger partial charge in [-0.1, -0.05) is 207 Å². The number of amides is 1. The highest BCUT2D eigenvalue weighted by molar-refractivity contribution is 7.47. The Morgan fingerprint density at radius 1 is 0.522 bits per heavy atom. The molecule has 0 fully saturated rings. The molecule has 8 nitrogen and oxygen atoms in total. The molecule has 0 aliphatic heterocycles. The number of phosphoric acid groups is 1. The molecule has 384 valence electrons. The van der Waals surface area contributed by atoms with E-state index in [0.29, 0.717) is 17.4 Å². The van der Waals surface area contributed by atoms with Crippen molar-refractivity contribution in [2.75, 3.05) is 40.9 Å². The van der Waals surface area contributed by atoms with Crippen LogP contribution in [0, 0.1) is 0 Å². The third-order valence-corrected chi connectivity index (χ3v) is 12.2. The number of carbonyl (C=O) groups is 1. The molecular formula is C58H102N2O6P+. The second kappa shape index (κ2) is 48.2. The van der Waals surface area contributed by atoms with Crippen molar-refractivity contribution in [3.63, 3.8) is 0 Å². The van der Waals surface area contributed by atoms with E-state index in [-0.39, 0.29) is 19.1 Å². The van der Waals surface area contributed by atoms with Gasteiger partial charge in [0.15, 0.2) is 0 Å². The van der Waals surface area contributed by atoms with Gasteiger partial charge in [0.2, 0.25) is 5.91 Å². The Balaban J connectivity index is 4.30. The van der Waals surface area contributed by atoms with E-state index in [2.05, 4.69) is 116 Å². The molecule has 0 aromatic heterocycles. The zero-order valence-corrected chi connectivity index (χ0v) is 44.5. The Bertz CT molecular complexity index is 1450. The van der Waals surface area contributed by atoms with E-state index < -0.39 is 20.0 Å². The molecule has 1 amide bonds. The number of hydrogen-bond donors (Lipinski definition) is 3. The maximum absolute atomic E-state index is 12.9. The van der Waals surface area contributed by atoms with Crippen LogP contribution < -0.4 is 5.32 Å². The van der Waals surface area contributed by atoms with E-state index in [0.717, 1.165) is 89.9 Å². The van der Waals surface area contributed by atoms with Crippen molar-refractivity contribution in [3.8, 4) is 0 Å². The van der Waals surface area contributed by atoms with Gasteiger partial charge in [-0.2, -0.15) is 0 Å². The van der Waals surface area contributed by atoms with Crippen LogP contribution in [0.4, 0.5) is 0 Å². The fourth-order valence-corrected chi connectivity index (χ4v) is 7.75. The predicted octanol–water partition coefficient (Wildman–Crippen LogP) is 16.0. The maximum atomic E-state index is 12.9. The van der Waals surface area contributed by atoms with Crippen LogP contribution in [0.15, 0.2) is 109 Å². The van der Waals surface area contributed by atoms with E-state index in [1.54, 1.807) is 6.08 Å². The van der Waals surface area contributed by atoms with Crippen LogP contribution in [-0.4, -0.2) is 73.4 Å². The molecule has 0 aliphatic rings. The minimum Gasteiger partial charge on any atom is -0.387 e. The highest BCUT2D eigenvalue weighted by atomic mass is 31.2. The Kier molecular flexibility index (Phi) is 46.2.